The molecule has 192 valence electrons. The fraction of sp³-hybridized carbons (Fsp3) is 0.296. The third kappa shape index (κ3) is 5.49. The van der Waals surface area contributed by atoms with Gasteiger partial charge in [-0.1, -0.05) is 17.7 Å². The number of esters is 1. The molecule has 0 saturated carbocycles. The summed E-state index contributed by atoms with van der Waals surface area (Å²) in [6.45, 7) is 6.11. The molecule has 2 unspecified atom stereocenters. The van der Waals surface area contributed by atoms with Gasteiger partial charge in [0.15, 0.2) is 5.69 Å². The van der Waals surface area contributed by atoms with Crippen molar-refractivity contribution in [1.29, 1.82) is 0 Å². The van der Waals surface area contributed by atoms with E-state index in [1.54, 1.807) is 6.20 Å². The number of aromatic amines is 1. The summed E-state index contributed by atoms with van der Waals surface area (Å²) >= 11 is 5.81. The molecule has 1 fully saturated rings. The third-order valence-corrected chi connectivity index (χ3v) is 6.69. The van der Waals surface area contributed by atoms with E-state index in [1.165, 1.54) is 6.20 Å². The summed E-state index contributed by atoms with van der Waals surface area (Å²) in [5.74, 6) is -2.39. The van der Waals surface area contributed by atoms with Crippen LogP contribution in [0.3, 0.4) is 0 Å². The minimum Gasteiger partial charge on any atom is -0.456 e. The van der Waals surface area contributed by atoms with E-state index in [0.29, 0.717) is 5.69 Å². The number of benzene rings is 2. The maximum absolute atomic E-state index is 14.0. The number of ether oxygens (including phenoxy) is 2. The van der Waals surface area contributed by atoms with Gasteiger partial charge in [-0.2, -0.15) is 0 Å². The normalized spacial score (nSPS) is 18.3. The largest absolute Gasteiger partial charge is 0.456 e. The van der Waals surface area contributed by atoms with Crippen molar-refractivity contribution in [2.75, 3.05) is 13.1 Å². The van der Waals surface area contributed by atoms with E-state index in [2.05, 4.69) is 33.7 Å². The molecule has 2 atom stereocenters. The first-order chi connectivity index (χ1) is 17.8. The average molecular weight is 527 g/mol. The van der Waals surface area contributed by atoms with Gasteiger partial charge in [-0.3, -0.25) is 9.88 Å². The van der Waals surface area contributed by atoms with Crippen molar-refractivity contribution in [2.24, 2.45) is 0 Å². The van der Waals surface area contributed by atoms with Crippen molar-refractivity contribution in [1.82, 2.24) is 19.9 Å². The topological polar surface area (TPSA) is 80.3 Å². The molecule has 37 heavy (non-hydrogen) atoms. The van der Waals surface area contributed by atoms with Gasteiger partial charge in [0.2, 0.25) is 0 Å². The Morgan fingerprint density at radius 2 is 1.92 bits per heavy atom. The molecule has 0 spiro atoms. The molecule has 4 aromatic rings. The van der Waals surface area contributed by atoms with Crippen molar-refractivity contribution < 1.29 is 23.0 Å². The molecule has 10 heteroatoms. The summed E-state index contributed by atoms with van der Waals surface area (Å²) in [4.78, 5) is 26.8. The number of fused-ring (bicyclic) bond motifs is 1. The highest BCUT2D eigenvalue weighted by Gasteiger charge is 2.23. The summed E-state index contributed by atoms with van der Waals surface area (Å²) in [6.07, 6.45) is 5.18. The Morgan fingerprint density at radius 1 is 1.16 bits per heavy atom. The van der Waals surface area contributed by atoms with Gasteiger partial charge in [-0.25, -0.2) is 18.6 Å². The van der Waals surface area contributed by atoms with Crippen LogP contribution >= 0.6 is 11.6 Å². The molecule has 0 bridgehead atoms. The van der Waals surface area contributed by atoms with E-state index < -0.39 is 29.2 Å². The van der Waals surface area contributed by atoms with Crippen LogP contribution in [0.1, 0.15) is 35.5 Å². The van der Waals surface area contributed by atoms with Crippen LogP contribution in [0, 0.1) is 11.6 Å². The zero-order chi connectivity index (χ0) is 26.1. The zero-order valence-electron chi connectivity index (χ0n) is 20.3. The van der Waals surface area contributed by atoms with E-state index in [-0.39, 0.29) is 23.5 Å². The first kappa shape index (κ1) is 25.3. The number of aromatic nitrogens is 3. The molecule has 0 aliphatic carbocycles. The second kappa shape index (κ2) is 10.5. The smallest absolute Gasteiger partial charge is 0.358 e. The zero-order valence-corrected chi connectivity index (χ0v) is 21.1. The number of halogens is 3. The predicted molar refractivity (Wildman–Crippen MR) is 135 cm³/mol. The Labute approximate surface area is 217 Å². The predicted octanol–water partition coefficient (Wildman–Crippen LogP) is 5.52. The molecule has 7 nitrogen and oxygen atoms in total. The van der Waals surface area contributed by atoms with Gasteiger partial charge in [0.1, 0.15) is 18.2 Å². The number of nitrogens with one attached hydrogen (secondary N) is 1. The lowest BCUT2D eigenvalue weighted by Gasteiger charge is -2.35. The van der Waals surface area contributed by atoms with Gasteiger partial charge in [-0.15, -0.1) is 0 Å². The van der Waals surface area contributed by atoms with Crippen molar-refractivity contribution >= 4 is 28.5 Å². The lowest BCUT2D eigenvalue weighted by molar-refractivity contribution is -0.0703. The standard InChI is InChI=1S/C27H25ClF2N4O3/c1-15-11-34(12-16(2)37-15)13-18-8-32-23-6-3-17(7-19(18)23)24-9-31-10-25(33-24)27(35)36-14-20-21(29)4-5-22(30)26(20)28/h3-10,15-16,32H,11-14H2,1-2H3. The Hall–Kier alpha value is -3.40. The lowest BCUT2D eigenvalue weighted by Crippen LogP contribution is -2.44. The van der Waals surface area contributed by atoms with Crippen molar-refractivity contribution in [3.8, 4) is 11.3 Å². The Bertz CT molecular complexity index is 1450. The van der Waals surface area contributed by atoms with E-state index in [9.17, 15) is 13.6 Å². The molecule has 1 aliphatic rings. The SMILES string of the molecule is CC1CN(Cc2c[nH]c3ccc(-c4cncc(C(=O)OCc5c(F)ccc(F)c5Cl)n4)cc23)CC(C)O1. The second-order valence-corrected chi connectivity index (χ2v) is 9.59. The molecule has 2 aromatic carbocycles. The summed E-state index contributed by atoms with van der Waals surface area (Å²) in [6, 6.07) is 7.70. The number of rotatable bonds is 6. The Kier molecular flexibility index (Phi) is 7.19. The number of nitrogens with zero attached hydrogens (tertiary/aromatic N) is 3. The first-order valence-electron chi connectivity index (χ1n) is 11.9. The highest BCUT2D eigenvalue weighted by molar-refractivity contribution is 6.31. The Morgan fingerprint density at radius 3 is 2.70 bits per heavy atom. The van der Waals surface area contributed by atoms with E-state index >= 15 is 0 Å². The van der Waals surface area contributed by atoms with Crippen LogP contribution in [0.2, 0.25) is 5.02 Å². The summed E-state index contributed by atoms with van der Waals surface area (Å²) < 4.78 is 38.7. The first-order valence-corrected chi connectivity index (χ1v) is 12.3. The molecule has 3 heterocycles. The van der Waals surface area contributed by atoms with Gasteiger partial charge < -0.3 is 14.5 Å². The van der Waals surface area contributed by atoms with Crippen LogP contribution < -0.4 is 0 Å². The number of hydrogen-bond donors (Lipinski definition) is 1. The maximum Gasteiger partial charge on any atom is 0.358 e. The summed E-state index contributed by atoms with van der Waals surface area (Å²) in [5, 5.41) is 0.625. The second-order valence-electron chi connectivity index (χ2n) is 9.21. The maximum atomic E-state index is 14.0. The molecule has 1 aliphatic heterocycles. The van der Waals surface area contributed by atoms with Gasteiger partial charge in [0, 0.05) is 47.9 Å². The molecule has 0 radical (unpaired) electrons. The molecule has 1 saturated heterocycles. The highest BCUT2D eigenvalue weighted by Crippen LogP contribution is 2.27. The monoisotopic (exact) mass is 526 g/mol. The average Bonchev–Trinajstić information content (AvgIpc) is 3.27. The molecule has 2 aromatic heterocycles. The van der Waals surface area contributed by atoms with Crippen LogP contribution in [0.15, 0.2) is 48.9 Å². The van der Waals surface area contributed by atoms with Crippen LogP contribution in [-0.4, -0.2) is 51.1 Å². The summed E-state index contributed by atoms with van der Waals surface area (Å²) in [7, 11) is 0. The number of carbonyl (C=O) groups is 1. The fourth-order valence-corrected chi connectivity index (χ4v) is 4.85. The van der Waals surface area contributed by atoms with Gasteiger partial charge in [0.05, 0.1) is 35.3 Å². The van der Waals surface area contributed by atoms with Crippen molar-refractivity contribution in [3.63, 3.8) is 0 Å². The number of H-pyrrole nitrogens is 1. The van der Waals surface area contributed by atoms with Gasteiger partial charge in [0.25, 0.3) is 0 Å². The molecule has 5 rings (SSSR count). The number of hydrogen-bond acceptors (Lipinski definition) is 6. The molecule has 1 N–H and O–H groups in total. The van der Waals surface area contributed by atoms with E-state index in [1.807, 2.05) is 24.4 Å². The van der Waals surface area contributed by atoms with Crippen molar-refractivity contribution in [3.05, 3.63) is 82.4 Å². The van der Waals surface area contributed by atoms with Crippen molar-refractivity contribution in [2.45, 2.75) is 39.2 Å². The minimum atomic E-state index is -0.826. The van der Waals surface area contributed by atoms with Gasteiger partial charge in [-0.05, 0) is 43.7 Å². The van der Waals surface area contributed by atoms with Gasteiger partial charge >= 0.3 is 5.97 Å². The Balaban J connectivity index is 1.35. The highest BCUT2D eigenvalue weighted by atomic mass is 35.5. The lowest BCUT2D eigenvalue weighted by atomic mass is 10.1. The minimum absolute atomic E-state index is 0.0592. The molecular formula is C27H25ClF2N4O3. The molecular weight excluding hydrogens is 502 g/mol. The third-order valence-electron chi connectivity index (χ3n) is 6.28. The van der Waals surface area contributed by atoms with Crippen LogP contribution in [-0.2, 0) is 22.6 Å². The van der Waals surface area contributed by atoms with E-state index in [0.717, 1.165) is 53.8 Å². The van der Waals surface area contributed by atoms with Crippen LogP contribution in [0.25, 0.3) is 22.2 Å². The number of morpholine rings is 1. The quantitative estimate of drug-likeness (QED) is 0.263. The fourth-order valence-electron chi connectivity index (χ4n) is 4.64. The molecule has 0 amide bonds. The summed E-state index contributed by atoms with van der Waals surface area (Å²) in [5.41, 5.74) is 3.09. The van der Waals surface area contributed by atoms with Crippen LogP contribution in [0.5, 0.6) is 0 Å². The van der Waals surface area contributed by atoms with Crippen LogP contribution in [0.4, 0.5) is 8.78 Å². The number of carbonyl (C=O) groups excluding carboxylic acids is 1. The van der Waals surface area contributed by atoms with E-state index in [4.69, 9.17) is 21.1 Å².